The van der Waals surface area contributed by atoms with Crippen molar-refractivity contribution >= 4 is 28.1 Å². The lowest BCUT2D eigenvalue weighted by Gasteiger charge is -2.13. The van der Waals surface area contributed by atoms with E-state index < -0.39 is 23.2 Å². The first-order valence-corrected chi connectivity index (χ1v) is 9.87. The van der Waals surface area contributed by atoms with Gasteiger partial charge < -0.3 is 20.1 Å². The number of rotatable bonds is 3. The molecular weight excluding hydrogens is 425 g/mol. The van der Waals surface area contributed by atoms with Gasteiger partial charge in [-0.3, -0.25) is 9.59 Å². The number of fused-ring (bicyclic) bond motifs is 2. The molecule has 0 aliphatic carbocycles. The molecule has 0 unspecified atom stereocenters. The number of aliphatic hydroxyl groups is 1. The Morgan fingerprint density at radius 1 is 1.19 bits per heavy atom. The number of aliphatic hydroxyl groups excluding tert-OH is 1. The molecule has 3 N–H and O–H groups in total. The van der Waals surface area contributed by atoms with Gasteiger partial charge in [-0.15, -0.1) is 0 Å². The normalized spacial score (nSPS) is 15.2. The van der Waals surface area contributed by atoms with Crippen molar-refractivity contribution in [2.75, 3.05) is 11.9 Å². The van der Waals surface area contributed by atoms with Gasteiger partial charge in [0.15, 0.2) is 0 Å². The first kappa shape index (κ1) is 21.6. The lowest BCUT2D eigenvalue weighted by atomic mass is 9.99. The van der Waals surface area contributed by atoms with Crippen molar-refractivity contribution in [2.45, 2.75) is 25.6 Å². The highest BCUT2D eigenvalue weighted by molar-refractivity contribution is 6.05. The fourth-order valence-corrected chi connectivity index (χ4v) is 3.59. The first-order valence-electron chi connectivity index (χ1n) is 9.87. The zero-order valence-corrected chi connectivity index (χ0v) is 16.8. The molecule has 2 heterocycles. The Morgan fingerprint density at radius 3 is 2.75 bits per heavy atom. The molecular formula is C23H19F3N2O4. The van der Waals surface area contributed by atoms with E-state index in [1.54, 1.807) is 24.3 Å². The minimum absolute atomic E-state index is 0.0966. The lowest BCUT2D eigenvalue weighted by molar-refractivity contribution is -0.137. The van der Waals surface area contributed by atoms with Crippen LogP contribution in [0.15, 0.2) is 53.3 Å². The van der Waals surface area contributed by atoms with Crippen LogP contribution < -0.4 is 15.6 Å². The number of pyridine rings is 1. The molecule has 9 heteroatoms. The molecule has 6 nitrogen and oxygen atoms in total. The van der Waals surface area contributed by atoms with Crippen molar-refractivity contribution in [1.29, 1.82) is 0 Å². The summed E-state index contributed by atoms with van der Waals surface area (Å²) in [5, 5.41) is 12.6. The van der Waals surface area contributed by atoms with E-state index in [-0.39, 0.29) is 24.5 Å². The predicted molar refractivity (Wildman–Crippen MR) is 113 cm³/mol. The van der Waals surface area contributed by atoms with Gasteiger partial charge in [0.1, 0.15) is 5.75 Å². The Labute approximate surface area is 180 Å². The minimum Gasteiger partial charge on any atom is -0.493 e. The molecule has 32 heavy (non-hydrogen) atoms. The number of nitrogens with one attached hydrogen (secondary N) is 2. The standard InChI is InChI=1S/C23H19F3N2O4/c24-23(25,26)16-4-6-18-13(2-1-7-32-20(18)10-16)9-21(30)27-17-5-3-14-8-15(12-29)22(31)28-19(14)11-17/h3-6,8-11,29H,1-2,7,12H2,(H,27,30)(H,28,31). The molecule has 4 rings (SSSR count). The summed E-state index contributed by atoms with van der Waals surface area (Å²) in [7, 11) is 0. The van der Waals surface area contributed by atoms with Gasteiger partial charge in [-0.1, -0.05) is 12.1 Å². The van der Waals surface area contributed by atoms with Gasteiger partial charge >= 0.3 is 6.18 Å². The highest BCUT2D eigenvalue weighted by Gasteiger charge is 2.32. The maximum atomic E-state index is 13.0. The van der Waals surface area contributed by atoms with Gasteiger partial charge in [0.25, 0.3) is 5.56 Å². The van der Waals surface area contributed by atoms with Gasteiger partial charge in [0.2, 0.25) is 5.91 Å². The maximum absolute atomic E-state index is 13.0. The van der Waals surface area contributed by atoms with Crippen molar-refractivity contribution in [1.82, 2.24) is 4.98 Å². The summed E-state index contributed by atoms with van der Waals surface area (Å²) < 4.78 is 44.5. The monoisotopic (exact) mass is 444 g/mol. The molecule has 2 aromatic carbocycles. The minimum atomic E-state index is -4.49. The lowest BCUT2D eigenvalue weighted by Crippen LogP contribution is -2.13. The predicted octanol–water partition coefficient (Wildman–Crippen LogP) is 4.23. The second kappa shape index (κ2) is 8.51. The summed E-state index contributed by atoms with van der Waals surface area (Å²) in [6, 6.07) is 9.75. The quantitative estimate of drug-likeness (QED) is 0.527. The summed E-state index contributed by atoms with van der Waals surface area (Å²) in [5.74, 6) is -0.360. The third-order valence-corrected chi connectivity index (χ3v) is 5.17. The van der Waals surface area contributed by atoms with Gasteiger partial charge in [-0.25, -0.2) is 0 Å². The van der Waals surface area contributed by atoms with Gasteiger partial charge in [-0.05, 0) is 54.1 Å². The van der Waals surface area contributed by atoms with Crippen molar-refractivity contribution in [3.05, 3.63) is 75.6 Å². The summed E-state index contributed by atoms with van der Waals surface area (Å²) in [4.78, 5) is 27.2. The number of carbonyl (C=O) groups excluding carboxylic acids is 1. The number of H-pyrrole nitrogens is 1. The number of ether oxygens (including phenoxy) is 1. The van der Waals surface area contributed by atoms with Crippen molar-refractivity contribution in [3.63, 3.8) is 0 Å². The Hall–Kier alpha value is -3.59. The SMILES string of the molecule is O=C(C=C1CCCOc2cc(C(F)(F)F)ccc21)Nc1ccc2cc(CO)c(=O)[nH]c2c1. The molecule has 1 aliphatic rings. The van der Waals surface area contributed by atoms with Crippen LogP contribution in [-0.2, 0) is 17.6 Å². The molecule has 0 saturated heterocycles. The second-order valence-corrected chi connectivity index (χ2v) is 7.40. The molecule has 0 radical (unpaired) electrons. The van der Waals surface area contributed by atoms with Gasteiger partial charge in [0, 0.05) is 22.9 Å². The van der Waals surface area contributed by atoms with Crippen LogP contribution in [0.2, 0.25) is 0 Å². The maximum Gasteiger partial charge on any atom is 0.416 e. The molecule has 1 aromatic heterocycles. The van der Waals surface area contributed by atoms with E-state index in [9.17, 15) is 27.9 Å². The molecule has 0 bridgehead atoms. The number of allylic oxidation sites excluding steroid dienone is 1. The molecule has 3 aromatic rings. The van der Waals surface area contributed by atoms with Crippen LogP contribution in [0.1, 0.15) is 29.5 Å². The van der Waals surface area contributed by atoms with Crippen molar-refractivity contribution in [3.8, 4) is 5.75 Å². The highest BCUT2D eigenvalue weighted by Crippen LogP contribution is 2.38. The number of aromatic nitrogens is 1. The summed E-state index contributed by atoms with van der Waals surface area (Å²) in [6.07, 6.45) is -2.11. The molecule has 166 valence electrons. The van der Waals surface area contributed by atoms with E-state index in [0.717, 1.165) is 12.1 Å². The largest absolute Gasteiger partial charge is 0.493 e. The average molecular weight is 444 g/mol. The summed E-state index contributed by atoms with van der Waals surface area (Å²) >= 11 is 0. The zero-order valence-electron chi connectivity index (χ0n) is 16.8. The van der Waals surface area contributed by atoms with Gasteiger partial charge in [-0.2, -0.15) is 13.2 Å². The number of carbonyl (C=O) groups is 1. The highest BCUT2D eigenvalue weighted by atomic mass is 19.4. The zero-order chi connectivity index (χ0) is 22.9. The van der Waals surface area contributed by atoms with Crippen LogP contribution >= 0.6 is 0 Å². The van der Waals surface area contributed by atoms with Crippen molar-refractivity contribution < 1.29 is 27.8 Å². The molecule has 0 spiro atoms. The molecule has 1 aliphatic heterocycles. The average Bonchev–Trinajstić information content (AvgIpc) is 2.94. The van der Waals surface area contributed by atoms with E-state index in [2.05, 4.69) is 10.3 Å². The number of alkyl halides is 3. The fourth-order valence-electron chi connectivity index (χ4n) is 3.59. The number of amides is 1. The third-order valence-electron chi connectivity index (χ3n) is 5.17. The number of hydrogen-bond donors (Lipinski definition) is 3. The summed E-state index contributed by atoms with van der Waals surface area (Å²) in [6.45, 7) is -0.131. The van der Waals surface area contributed by atoms with E-state index >= 15 is 0 Å². The Bertz CT molecular complexity index is 1280. The third kappa shape index (κ3) is 4.52. The van der Waals surface area contributed by atoms with E-state index in [1.807, 2.05) is 0 Å². The number of aromatic amines is 1. The Balaban J connectivity index is 1.60. The number of anilines is 1. The van der Waals surface area contributed by atoms with Crippen LogP contribution in [0.25, 0.3) is 16.5 Å². The fraction of sp³-hybridized carbons (Fsp3) is 0.217. The smallest absolute Gasteiger partial charge is 0.416 e. The topological polar surface area (TPSA) is 91.4 Å². The number of benzene rings is 2. The second-order valence-electron chi connectivity index (χ2n) is 7.40. The number of halogens is 3. The molecule has 0 atom stereocenters. The summed E-state index contributed by atoms with van der Waals surface area (Å²) in [5.41, 5.74) is 0.961. The van der Waals surface area contributed by atoms with E-state index in [1.165, 1.54) is 12.1 Å². The molecule has 0 saturated carbocycles. The molecule has 1 amide bonds. The van der Waals surface area contributed by atoms with Crippen LogP contribution in [0.4, 0.5) is 18.9 Å². The Kier molecular flexibility index (Phi) is 5.75. The van der Waals surface area contributed by atoms with Crippen LogP contribution in [0, 0.1) is 0 Å². The van der Waals surface area contributed by atoms with Gasteiger partial charge in [0.05, 0.1) is 24.3 Å². The van der Waals surface area contributed by atoms with Crippen LogP contribution in [-0.4, -0.2) is 22.6 Å². The van der Waals surface area contributed by atoms with Crippen LogP contribution in [0.5, 0.6) is 5.75 Å². The van der Waals surface area contributed by atoms with E-state index in [0.29, 0.717) is 40.6 Å². The number of hydrogen-bond acceptors (Lipinski definition) is 4. The van der Waals surface area contributed by atoms with Crippen LogP contribution in [0.3, 0.4) is 0 Å². The van der Waals surface area contributed by atoms with Crippen molar-refractivity contribution in [2.24, 2.45) is 0 Å². The van der Waals surface area contributed by atoms with E-state index in [4.69, 9.17) is 4.74 Å². The Morgan fingerprint density at radius 2 is 2.00 bits per heavy atom. The first-order chi connectivity index (χ1) is 15.2. The molecule has 0 fully saturated rings.